The maximum Gasteiger partial charge on any atom is 0.128 e. The van der Waals surface area contributed by atoms with E-state index in [0.717, 1.165) is 18.4 Å². The molecule has 12 heavy (non-hydrogen) atoms. The summed E-state index contributed by atoms with van der Waals surface area (Å²) in [5, 5.41) is 0. The van der Waals surface area contributed by atoms with Crippen molar-refractivity contribution in [3.63, 3.8) is 0 Å². The molecule has 0 aromatic carbocycles. The average Bonchev–Trinajstić information content (AvgIpc) is 2.01. The van der Waals surface area contributed by atoms with Crippen LogP contribution in [0.5, 0.6) is 0 Å². The average molecular weight is 191 g/mol. The van der Waals surface area contributed by atoms with E-state index in [4.69, 9.17) is 16.3 Å². The van der Waals surface area contributed by atoms with E-state index in [-0.39, 0.29) is 5.56 Å². The van der Waals surface area contributed by atoms with Gasteiger partial charge in [-0.1, -0.05) is 31.4 Å². The molecule has 0 heterocycles. The van der Waals surface area contributed by atoms with Crippen molar-refractivity contribution >= 4 is 11.6 Å². The zero-order valence-corrected chi connectivity index (χ0v) is 8.81. The first-order chi connectivity index (χ1) is 5.68. The van der Waals surface area contributed by atoms with Gasteiger partial charge in [0.05, 0.1) is 6.61 Å². The van der Waals surface area contributed by atoms with E-state index in [9.17, 15) is 0 Å². The summed E-state index contributed by atoms with van der Waals surface area (Å²) < 4.78 is 5.40. The van der Waals surface area contributed by atoms with E-state index in [0.29, 0.717) is 0 Å². The molecule has 0 spiro atoms. The number of hydrogen-bond acceptors (Lipinski definition) is 1. The zero-order chi connectivity index (χ0) is 8.97. The summed E-state index contributed by atoms with van der Waals surface area (Å²) in [5.41, 5.74) is -0.123. The minimum atomic E-state index is -0.123. The molecule has 0 radical (unpaired) electrons. The van der Waals surface area contributed by atoms with Crippen molar-refractivity contribution in [3.05, 3.63) is 0 Å². The third-order valence-electron chi connectivity index (χ3n) is 2.61. The normalized spacial score (nSPS) is 33.2. The lowest BCUT2D eigenvalue weighted by Gasteiger charge is -2.26. The van der Waals surface area contributed by atoms with Crippen LogP contribution in [0.4, 0.5) is 0 Å². The fraction of sp³-hybridized carbons (Fsp3) is 1.00. The second-order valence-corrected chi connectivity index (χ2v) is 4.63. The molecular formula is C10H19ClO. The standard InChI is InChI=1S/C10H19ClO/c1-8-4-3-5-10(6-8)7-12-9(2)11/h8-10H,3-7H2,1-2H3. The quantitative estimate of drug-likeness (QED) is 0.620. The molecule has 1 aliphatic rings. The zero-order valence-electron chi connectivity index (χ0n) is 8.05. The summed E-state index contributed by atoms with van der Waals surface area (Å²) in [7, 11) is 0. The Labute approximate surface area is 80.4 Å². The second kappa shape index (κ2) is 5.08. The van der Waals surface area contributed by atoms with Gasteiger partial charge >= 0.3 is 0 Å². The molecule has 0 amide bonds. The van der Waals surface area contributed by atoms with Crippen LogP contribution in [0, 0.1) is 11.8 Å². The van der Waals surface area contributed by atoms with Crippen LogP contribution in [-0.2, 0) is 4.74 Å². The Bertz CT molecular complexity index is 125. The number of halogens is 1. The summed E-state index contributed by atoms with van der Waals surface area (Å²) in [6.07, 6.45) is 5.41. The first kappa shape index (κ1) is 10.3. The maximum atomic E-state index is 5.71. The Morgan fingerprint density at radius 2 is 2.25 bits per heavy atom. The van der Waals surface area contributed by atoms with Gasteiger partial charge in [0.2, 0.25) is 0 Å². The van der Waals surface area contributed by atoms with Gasteiger partial charge in [-0.25, -0.2) is 0 Å². The van der Waals surface area contributed by atoms with Crippen LogP contribution >= 0.6 is 11.6 Å². The van der Waals surface area contributed by atoms with Crippen molar-refractivity contribution in [2.75, 3.05) is 6.61 Å². The lowest BCUT2D eigenvalue weighted by atomic mass is 9.83. The van der Waals surface area contributed by atoms with Crippen LogP contribution in [0.2, 0.25) is 0 Å². The van der Waals surface area contributed by atoms with Crippen molar-refractivity contribution in [1.29, 1.82) is 0 Å². The van der Waals surface area contributed by atoms with Gasteiger partial charge in [-0.05, 0) is 31.6 Å². The first-order valence-electron chi connectivity index (χ1n) is 4.94. The molecule has 72 valence electrons. The van der Waals surface area contributed by atoms with E-state index in [2.05, 4.69) is 6.92 Å². The van der Waals surface area contributed by atoms with Crippen molar-refractivity contribution in [2.24, 2.45) is 11.8 Å². The largest absolute Gasteiger partial charge is 0.363 e. The molecule has 3 atom stereocenters. The Morgan fingerprint density at radius 1 is 1.50 bits per heavy atom. The predicted molar refractivity (Wildman–Crippen MR) is 52.4 cm³/mol. The molecule has 0 saturated heterocycles. The molecule has 1 saturated carbocycles. The van der Waals surface area contributed by atoms with Gasteiger partial charge in [-0.15, -0.1) is 0 Å². The maximum absolute atomic E-state index is 5.71. The summed E-state index contributed by atoms with van der Waals surface area (Å²) >= 11 is 5.71. The van der Waals surface area contributed by atoms with Crippen LogP contribution in [0.1, 0.15) is 39.5 Å². The predicted octanol–water partition coefficient (Wildman–Crippen LogP) is 3.41. The number of hydrogen-bond donors (Lipinski definition) is 0. The van der Waals surface area contributed by atoms with Crippen LogP contribution in [-0.4, -0.2) is 12.2 Å². The molecule has 1 rings (SSSR count). The van der Waals surface area contributed by atoms with Gasteiger partial charge in [-0.2, -0.15) is 0 Å². The molecule has 0 aliphatic heterocycles. The molecule has 0 bridgehead atoms. The monoisotopic (exact) mass is 190 g/mol. The van der Waals surface area contributed by atoms with E-state index in [1.54, 1.807) is 0 Å². The van der Waals surface area contributed by atoms with Crippen LogP contribution < -0.4 is 0 Å². The van der Waals surface area contributed by atoms with Crippen molar-refractivity contribution in [2.45, 2.75) is 45.1 Å². The second-order valence-electron chi connectivity index (χ2n) is 4.01. The van der Waals surface area contributed by atoms with Crippen LogP contribution in [0.25, 0.3) is 0 Å². The third kappa shape index (κ3) is 3.77. The highest BCUT2D eigenvalue weighted by Gasteiger charge is 2.19. The topological polar surface area (TPSA) is 9.23 Å². The SMILES string of the molecule is CC1CCCC(COC(C)Cl)C1. The summed E-state index contributed by atoms with van der Waals surface area (Å²) in [5.74, 6) is 1.65. The number of rotatable bonds is 3. The van der Waals surface area contributed by atoms with Gasteiger partial charge < -0.3 is 4.74 Å². The minimum Gasteiger partial charge on any atom is -0.363 e. The van der Waals surface area contributed by atoms with Crippen LogP contribution in [0.3, 0.4) is 0 Å². The van der Waals surface area contributed by atoms with Crippen LogP contribution in [0.15, 0.2) is 0 Å². The molecule has 3 unspecified atom stereocenters. The van der Waals surface area contributed by atoms with Gasteiger partial charge in [0.15, 0.2) is 0 Å². The Morgan fingerprint density at radius 3 is 2.83 bits per heavy atom. The molecule has 0 N–H and O–H groups in total. The highest BCUT2D eigenvalue weighted by Crippen LogP contribution is 2.28. The molecule has 0 aromatic heterocycles. The third-order valence-corrected chi connectivity index (χ3v) is 2.73. The Kier molecular flexibility index (Phi) is 4.38. The molecule has 1 nitrogen and oxygen atoms in total. The first-order valence-corrected chi connectivity index (χ1v) is 5.37. The van der Waals surface area contributed by atoms with E-state index in [1.807, 2.05) is 6.92 Å². The summed E-state index contributed by atoms with van der Waals surface area (Å²) in [4.78, 5) is 0. The molecular weight excluding hydrogens is 172 g/mol. The fourth-order valence-electron chi connectivity index (χ4n) is 1.98. The van der Waals surface area contributed by atoms with E-state index < -0.39 is 0 Å². The lowest BCUT2D eigenvalue weighted by molar-refractivity contribution is 0.0650. The fourth-order valence-corrected chi connectivity index (χ4v) is 2.05. The highest BCUT2D eigenvalue weighted by atomic mass is 35.5. The highest BCUT2D eigenvalue weighted by molar-refractivity contribution is 6.19. The molecule has 1 fully saturated rings. The van der Waals surface area contributed by atoms with E-state index in [1.165, 1.54) is 25.7 Å². The van der Waals surface area contributed by atoms with Gasteiger partial charge in [0.1, 0.15) is 5.56 Å². The van der Waals surface area contributed by atoms with Gasteiger partial charge in [0, 0.05) is 0 Å². The van der Waals surface area contributed by atoms with Crippen molar-refractivity contribution in [3.8, 4) is 0 Å². The Balaban J connectivity index is 2.14. The van der Waals surface area contributed by atoms with Gasteiger partial charge in [-0.3, -0.25) is 0 Å². The summed E-state index contributed by atoms with van der Waals surface area (Å²) in [6, 6.07) is 0. The summed E-state index contributed by atoms with van der Waals surface area (Å²) in [6.45, 7) is 5.07. The molecule has 2 heteroatoms. The van der Waals surface area contributed by atoms with Crippen molar-refractivity contribution < 1.29 is 4.74 Å². The van der Waals surface area contributed by atoms with Crippen molar-refractivity contribution in [1.82, 2.24) is 0 Å². The van der Waals surface area contributed by atoms with Gasteiger partial charge in [0.25, 0.3) is 0 Å². The molecule has 0 aromatic rings. The minimum absolute atomic E-state index is 0.123. The smallest absolute Gasteiger partial charge is 0.128 e. The number of alkyl halides is 1. The number of ether oxygens (including phenoxy) is 1. The molecule has 1 aliphatic carbocycles. The lowest BCUT2D eigenvalue weighted by Crippen LogP contribution is -2.19. The van der Waals surface area contributed by atoms with E-state index >= 15 is 0 Å². The Hall–Kier alpha value is 0.250.